The van der Waals surface area contributed by atoms with Crippen LogP contribution in [0.2, 0.25) is 5.02 Å². The van der Waals surface area contributed by atoms with E-state index in [1.54, 1.807) is 41.3 Å². The largest absolute Gasteiger partial charge is 0.410 e. The smallest absolute Gasteiger partial charge is 0.362 e. The van der Waals surface area contributed by atoms with E-state index in [9.17, 15) is 22.8 Å². The summed E-state index contributed by atoms with van der Waals surface area (Å²) >= 11 is 6.48. The highest BCUT2D eigenvalue weighted by atomic mass is 35.5. The first-order chi connectivity index (χ1) is 17.6. The van der Waals surface area contributed by atoms with Crippen molar-refractivity contribution in [1.82, 2.24) is 19.6 Å². The molecule has 0 saturated carbocycles. The molecular weight excluding hydrogens is 507 g/mol. The Labute approximate surface area is 216 Å². The third-order valence-electron chi connectivity index (χ3n) is 6.85. The second kappa shape index (κ2) is 9.74. The van der Waals surface area contributed by atoms with E-state index in [2.05, 4.69) is 10.4 Å². The molecule has 2 atom stereocenters. The van der Waals surface area contributed by atoms with E-state index in [0.717, 1.165) is 10.2 Å². The van der Waals surface area contributed by atoms with Crippen LogP contribution >= 0.6 is 11.6 Å². The Kier molecular flexibility index (Phi) is 6.61. The number of carbonyl (C=O) groups excluding carboxylic acids is 2. The van der Waals surface area contributed by atoms with Crippen LogP contribution in [-0.4, -0.2) is 63.7 Å². The number of alkyl halides is 3. The maximum Gasteiger partial charge on any atom is 0.410 e. The molecule has 1 aromatic heterocycles. The first-order valence-corrected chi connectivity index (χ1v) is 12.3. The Morgan fingerprint density at radius 2 is 1.54 bits per heavy atom. The molecule has 7 nitrogen and oxygen atoms in total. The zero-order valence-corrected chi connectivity index (χ0v) is 20.8. The Balaban J connectivity index is 1.36. The number of carbonyl (C=O) groups is 2. The van der Waals surface area contributed by atoms with Crippen LogP contribution in [0.4, 0.5) is 19.0 Å². The van der Waals surface area contributed by atoms with Crippen molar-refractivity contribution in [3.05, 3.63) is 82.0 Å². The fraction of sp³-hybridized carbons (Fsp3) is 0.346. The second-order valence-electron chi connectivity index (χ2n) is 9.31. The SMILES string of the molecule is Cc1ccc([C@@H]2C[C@H](C(F)(F)F)n3nc(C(=O)N4CCN(C(=O)c5ccccc5)CC4)c(Cl)c3N2)cc1. The number of fused-ring (bicyclic) bond motifs is 1. The van der Waals surface area contributed by atoms with Gasteiger partial charge in [0.15, 0.2) is 11.7 Å². The van der Waals surface area contributed by atoms with Gasteiger partial charge in [-0.1, -0.05) is 59.6 Å². The van der Waals surface area contributed by atoms with Crippen LogP contribution in [-0.2, 0) is 0 Å². The fourth-order valence-corrected chi connectivity index (χ4v) is 5.03. The van der Waals surface area contributed by atoms with E-state index >= 15 is 0 Å². The predicted octanol–water partition coefficient (Wildman–Crippen LogP) is 5.10. The molecule has 0 aliphatic carbocycles. The number of aromatic nitrogens is 2. The van der Waals surface area contributed by atoms with Gasteiger partial charge >= 0.3 is 6.18 Å². The number of benzene rings is 2. The summed E-state index contributed by atoms with van der Waals surface area (Å²) < 4.78 is 43.0. The highest BCUT2D eigenvalue weighted by Crippen LogP contribution is 2.46. The van der Waals surface area contributed by atoms with Gasteiger partial charge in [0, 0.05) is 38.2 Å². The van der Waals surface area contributed by atoms with Gasteiger partial charge in [-0.05, 0) is 24.6 Å². The number of anilines is 1. The van der Waals surface area contributed by atoms with E-state index in [1.165, 1.54) is 4.90 Å². The van der Waals surface area contributed by atoms with Crippen molar-refractivity contribution < 1.29 is 22.8 Å². The molecule has 0 bridgehead atoms. The van der Waals surface area contributed by atoms with Crippen LogP contribution in [0.25, 0.3) is 0 Å². The maximum absolute atomic E-state index is 14.1. The lowest BCUT2D eigenvalue weighted by atomic mass is 9.96. The first-order valence-electron chi connectivity index (χ1n) is 11.9. The number of nitrogens with one attached hydrogen (secondary N) is 1. The van der Waals surface area contributed by atoms with Gasteiger partial charge in [-0.3, -0.25) is 9.59 Å². The Morgan fingerprint density at radius 1 is 0.946 bits per heavy atom. The predicted molar refractivity (Wildman–Crippen MR) is 133 cm³/mol. The van der Waals surface area contributed by atoms with Crippen LogP contribution in [0.1, 0.15) is 50.5 Å². The zero-order chi connectivity index (χ0) is 26.3. The average Bonchev–Trinajstić information content (AvgIpc) is 3.24. The normalized spacial score (nSPS) is 19.8. The molecule has 1 saturated heterocycles. The van der Waals surface area contributed by atoms with E-state index in [4.69, 9.17) is 11.6 Å². The number of piperazine rings is 1. The topological polar surface area (TPSA) is 70.5 Å². The van der Waals surface area contributed by atoms with Crippen LogP contribution in [0.3, 0.4) is 0 Å². The quantitative estimate of drug-likeness (QED) is 0.510. The van der Waals surface area contributed by atoms with Gasteiger partial charge in [-0.15, -0.1) is 0 Å². The minimum absolute atomic E-state index is 0.0259. The third-order valence-corrected chi connectivity index (χ3v) is 7.21. The molecule has 194 valence electrons. The van der Waals surface area contributed by atoms with Crippen molar-refractivity contribution in [3.63, 3.8) is 0 Å². The number of hydrogen-bond donors (Lipinski definition) is 1. The zero-order valence-electron chi connectivity index (χ0n) is 20.0. The summed E-state index contributed by atoms with van der Waals surface area (Å²) in [5.74, 6) is -0.724. The van der Waals surface area contributed by atoms with E-state index in [1.807, 2.05) is 25.1 Å². The first kappa shape index (κ1) is 25.1. The lowest BCUT2D eigenvalue weighted by Gasteiger charge is -2.34. The van der Waals surface area contributed by atoms with Gasteiger partial charge in [-0.25, -0.2) is 4.68 Å². The van der Waals surface area contributed by atoms with E-state index < -0.39 is 24.2 Å². The summed E-state index contributed by atoms with van der Waals surface area (Å²) in [6, 6.07) is 13.5. The number of aryl methyl sites for hydroxylation is 1. The van der Waals surface area contributed by atoms with Crippen LogP contribution in [0.15, 0.2) is 54.6 Å². The average molecular weight is 532 g/mol. The molecule has 3 aromatic rings. The van der Waals surface area contributed by atoms with Gasteiger partial charge in [0.2, 0.25) is 0 Å². The van der Waals surface area contributed by atoms with Gasteiger partial charge in [-0.2, -0.15) is 18.3 Å². The van der Waals surface area contributed by atoms with Gasteiger partial charge < -0.3 is 15.1 Å². The lowest BCUT2D eigenvalue weighted by molar-refractivity contribution is -0.173. The van der Waals surface area contributed by atoms with Crippen LogP contribution in [0.5, 0.6) is 0 Å². The van der Waals surface area contributed by atoms with Crippen molar-refractivity contribution in [3.8, 4) is 0 Å². The van der Waals surface area contributed by atoms with Crippen molar-refractivity contribution in [2.45, 2.75) is 31.6 Å². The highest BCUT2D eigenvalue weighted by molar-refractivity contribution is 6.36. The standard InChI is InChI=1S/C26H25ClF3N5O2/c1-16-7-9-17(10-8-16)19-15-20(26(28,29)30)35-23(31-19)21(27)22(32-35)25(37)34-13-11-33(12-14-34)24(36)18-5-3-2-4-6-18/h2-10,19-20,31H,11-15H2,1H3/t19-,20+/m0/s1. The minimum atomic E-state index is -4.58. The molecule has 1 fully saturated rings. The molecule has 5 rings (SSSR count). The van der Waals surface area contributed by atoms with E-state index in [-0.39, 0.29) is 42.0 Å². The monoisotopic (exact) mass is 531 g/mol. The molecule has 0 spiro atoms. The molecule has 0 unspecified atom stereocenters. The minimum Gasteiger partial charge on any atom is -0.362 e. The molecule has 2 aliphatic rings. The van der Waals surface area contributed by atoms with Gasteiger partial charge in [0.25, 0.3) is 11.8 Å². The molecule has 0 radical (unpaired) electrons. The Morgan fingerprint density at radius 3 is 2.14 bits per heavy atom. The van der Waals surface area contributed by atoms with Crippen LogP contribution in [0, 0.1) is 6.92 Å². The summed E-state index contributed by atoms with van der Waals surface area (Å²) in [4.78, 5) is 29.1. The molecule has 2 aromatic carbocycles. The Bertz CT molecular complexity index is 1300. The number of nitrogens with zero attached hydrogens (tertiary/aromatic N) is 4. The number of halogens is 4. The molecule has 11 heteroatoms. The molecule has 37 heavy (non-hydrogen) atoms. The Hall–Kier alpha value is -3.53. The second-order valence-corrected chi connectivity index (χ2v) is 9.68. The summed E-state index contributed by atoms with van der Waals surface area (Å²) in [6.07, 6.45) is -4.87. The molecule has 2 aliphatic heterocycles. The summed E-state index contributed by atoms with van der Waals surface area (Å²) in [6.45, 7) is 2.93. The van der Waals surface area contributed by atoms with Gasteiger partial charge in [0.1, 0.15) is 10.8 Å². The molecule has 2 amide bonds. The van der Waals surface area contributed by atoms with Crippen LogP contribution < -0.4 is 5.32 Å². The highest BCUT2D eigenvalue weighted by Gasteiger charge is 2.48. The fourth-order valence-electron chi connectivity index (χ4n) is 4.77. The summed E-state index contributed by atoms with van der Waals surface area (Å²) in [5, 5.41) is 6.97. The number of amides is 2. The third kappa shape index (κ3) is 4.90. The van der Waals surface area contributed by atoms with Gasteiger partial charge in [0.05, 0.1) is 6.04 Å². The molecule has 3 heterocycles. The number of rotatable bonds is 3. The van der Waals surface area contributed by atoms with Crippen molar-refractivity contribution in [1.29, 1.82) is 0 Å². The van der Waals surface area contributed by atoms with Crippen molar-refractivity contribution >= 4 is 29.2 Å². The van der Waals surface area contributed by atoms with Crippen molar-refractivity contribution in [2.75, 3.05) is 31.5 Å². The maximum atomic E-state index is 14.1. The lowest BCUT2D eigenvalue weighted by Crippen LogP contribution is -2.50. The summed E-state index contributed by atoms with van der Waals surface area (Å²) in [7, 11) is 0. The number of hydrogen-bond acceptors (Lipinski definition) is 4. The van der Waals surface area contributed by atoms with Crippen molar-refractivity contribution in [2.24, 2.45) is 0 Å². The molecular formula is C26H25ClF3N5O2. The molecule has 1 N–H and O–H groups in total. The van der Waals surface area contributed by atoms with E-state index in [0.29, 0.717) is 24.2 Å². The summed E-state index contributed by atoms with van der Waals surface area (Å²) in [5.41, 5.74) is 2.01.